The number of hydrogen-bond donors (Lipinski definition) is 0. The van der Waals surface area contributed by atoms with Crippen molar-refractivity contribution in [3.8, 4) is 11.5 Å². The van der Waals surface area contributed by atoms with Crippen LogP contribution in [0.15, 0.2) is 24.3 Å². The Morgan fingerprint density at radius 3 is 1.18 bits per heavy atom. The lowest BCUT2D eigenvalue weighted by Gasteiger charge is -2.14. The standard InChI is InChI=1S/C8H4F6O6S2/c9-7(10,11)21(15,16)19-5-3-1-2-4-6(5)20-22(17,18)8(12,13)14/h1-4H. The number of hydrogen-bond acceptors (Lipinski definition) is 6. The third kappa shape index (κ3) is 3.94. The van der Waals surface area contributed by atoms with E-state index in [4.69, 9.17) is 0 Å². The maximum absolute atomic E-state index is 12.1. The molecule has 0 radical (unpaired) electrons. The third-order valence-electron chi connectivity index (χ3n) is 1.82. The molecule has 0 bridgehead atoms. The number of halogens is 6. The van der Waals surface area contributed by atoms with E-state index in [0.29, 0.717) is 12.1 Å². The molecule has 1 aromatic rings. The highest BCUT2D eigenvalue weighted by Crippen LogP contribution is 2.35. The molecule has 126 valence electrons. The summed E-state index contributed by atoms with van der Waals surface area (Å²) in [5.74, 6) is -2.76. The monoisotopic (exact) mass is 374 g/mol. The second-order valence-corrected chi connectivity index (χ2v) is 6.49. The summed E-state index contributed by atoms with van der Waals surface area (Å²) in [6.45, 7) is 0. The summed E-state index contributed by atoms with van der Waals surface area (Å²) in [7, 11) is -12.4. The van der Waals surface area contributed by atoms with Crippen LogP contribution in [0.1, 0.15) is 0 Å². The van der Waals surface area contributed by atoms with Crippen molar-refractivity contribution in [2.24, 2.45) is 0 Å². The van der Waals surface area contributed by atoms with Crippen LogP contribution in [0.3, 0.4) is 0 Å². The van der Waals surface area contributed by atoms with Crippen molar-refractivity contribution in [3.63, 3.8) is 0 Å². The highest BCUT2D eigenvalue weighted by Gasteiger charge is 2.50. The first kappa shape index (κ1) is 18.3. The molecule has 0 aliphatic heterocycles. The molecule has 0 atom stereocenters. The smallest absolute Gasteiger partial charge is 0.372 e. The van der Waals surface area contributed by atoms with Gasteiger partial charge in [0.15, 0.2) is 11.5 Å². The first-order chi connectivity index (χ1) is 9.67. The predicted octanol–water partition coefficient (Wildman–Crippen LogP) is 2.14. The van der Waals surface area contributed by atoms with Crippen LogP contribution in [-0.2, 0) is 20.2 Å². The van der Waals surface area contributed by atoms with Crippen molar-refractivity contribution in [3.05, 3.63) is 24.3 Å². The van der Waals surface area contributed by atoms with Crippen molar-refractivity contribution in [1.29, 1.82) is 0 Å². The van der Waals surface area contributed by atoms with E-state index < -0.39 is 42.8 Å². The molecule has 0 N–H and O–H groups in total. The Hall–Kier alpha value is -1.70. The zero-order valence-electron chi connectivity index (χ0n) is 9.84. The van der Waals surface area contributed by atoms with Gasteiger partial charge in [-0.2, -0.15) is 43.2 Å². The number of alkyl halides is 6. The average molecular weight is 374 g/mol. The van der Waals surface area contributed by atoms with Gasteiger partial charge in [-0.25, -0.2) is 0 Å². The van der Waals surface area contributed by atoms with Crippen molar-refractivity contribution < 1.29 is 51.5 Å². The molecule has 0 saturated heterocycles. The van der Waals surface area contributed by atoms with Gasteiger partial charge in [0.05, 0.1) is 0 Å². The first-order valence-electron chi connectivity index (χ1n) is 4.78. The third-order valence-corrected chi connectivity index (χ3v) is 3.75. The van der Waals surface area contributed by atoms with Crippen molar-refractivity contribution in [2.75, 3.05) is 0 Å². The van der Waals surface area contributed by atoms with E-state index >= 15 is 0 Å². The molecule has 0 aromatic heterocycles. The van der Waals surface area contributed by atoms with Crippen LogP contribution in [0.5, 0.6) is 11.5 Å². The Kier molecular flexibility index (Phi) is 4.58. The van der Waals surface area contributed by atoms with E-state index in [9.17, 15) is 43.2 Å². The first-order valence-corrected chi connectivity index (χ1v) is 7.59. The average Bonchev–Trinajstić information content (AvgIpc) is 2.28. The van der Waals surface area contributed by atoms with Gasteiger partial charge in [0.1, 0.15) is 0 Å². The van der Waals surface area contributed by atoms with Gasteiger partial charge < -0.3 is 8.37 Å². The molecule has 6 nitrogen and oxygen atoms in total. The Bertz CT molecular complexity index is 683. The number of benzene rings is 1. The van der Waals surface area contributed by atoms with Gasteiger partial charge in [0.25, 0.3) is 0 Å². The molecule has 0 aliphatic rings. The van der Waals surface area contributed by atoms with Gasteiger partial charge in [-0.05, 0) is 12.1 Å². The van der Waals surface area contributed by atoms with Gasteiger partial charge in [-0.3, -0.25) is 0 Å². The summed E-state index contributed by atoms with van der Waals surface area (Å²) in [6.07, 6.45) is 0. The summed E-state index contributed by atoms with van der Waals surface area (Å²) in [5, 5.41) is 0. The molecule has 0 aliphatic carbocycles. The molecule has 22 heavy (non-hydrogen) atoms. The summed E-state index contributed by atoms with van der Waals surface area (Å²) >= 11 is 0. The van der Waals surface area contributed by atoms with Gasteiger partial charge in [-0.15, -0.1) is 0 Å². The molecule has 14 heteroatoms. The highest BCUT2D eigenvalue weighted by molar-refractivity contribution is 7.88. The van der Waals surface area contributed by atoms with Gasteiger partial charge in [0, 0.05) is 0 Å². The summed E-state index contributed by atoms with van der Waals surface area (Å²) in [4.78, 5) is 0. The van der Waals surface area contributed by atoms with Crippen LogP contribution in [0.2, 0.25) is 0 Å². The molecular formula is C8H4F6O6S2. The van der Waals surface area contributed by atoms with Gasteiger partial charge >= 0.3 is 31.3 Å². The number of rotatable bonds is 4. The van der Waals surface area contributed by atoms with Crippen LogP contribution < -0.4 is 8.37 Å². The maximum Gasteiger partial charge on any atom is 0.534 e. The van der Waals surface area contributed by atoms with Crippen LogP contribution in [0, 0.1) is 0 Å². The molecule has 0 heterocycles. The lowest BCUT2D eigenvalue weighted by Crippen LogP contribution is -2.30. The predicted molar refractivity (Wildman–Crippen MR) is 57.6 cm³/mol. The van der Waals surface area contributed by atoms with Crippen molar-refractivity contribution in [2.45, 2.75) is 11.0 Å². The van der Waals surface area contributed by atoms with Crippen LogP contribution in [0.4, 0.5) is 26.3 Å². The second-order valence-electron chi connectivity index (χ2n) is 3.41. The minimum Gasteiger partial charge on any atom is -0.372 e. The van der Waals surface area contributed by atoms with Crippen molar-refractivity contribution >= 4 is 20.2 Å². The minimum absolute atomic E-state index is 0.477. The van der Waals surface area contributed by atoms with E-state index in [1.807, 2.05) is 0 Å². The molecular weight excluding hydrogens is 370 g/mol. The molecule has 0 saturated carbocycles. The zero-order valence-corrected chi connectivity index (χ0v) is 11.5. The Labute approximate surface area is 119 Å². The van der Waals surface area contributed by atoms with Crippen LogP contribution in [0.25, 0.3) is 0 Å². The van der Waals surface area contributed by atoms with Crippen LogP contribution >= 0.6 is 0 Å². The molecule has 0 spiro atoms. The summed E-state index contributed by atoms with van der Waals surface area (Å²) in [6, 6.07) is 2.72. The van der Waals surface area contributed by atoms with E-state index in [1.165, 1.54) is 0 Å². The van der Waals surface area contributed by atoms with E-state index in [2.05, 4.69) is 8.37 Å². The Morgan fingerprint density at radius 1 is 0.682 bits per heavy atom. The Balaban J connectivity index is 3.23. The summed E-state index contributed by atoms with van der Waals surface area (Å²) in [5.41, 5.74) is -11.7. The zero-order chi connectivity index (χ0) is 17.4. The number of para-hydroxylation sites is 2. The maximum atomic E-state index is 12.1. The fourth-order valence-corrected chi connectivity index (χ4v) is 1.86. The lowest BCUT2D eigenvalue weighted by atomic mass is 10.3. The molecule has 0 unspecified atom stereocenters. The van der Waals surface area contributed by atoms with E-state index in [1.54, 1.807) is 0 Å². The molecule has 1 rings (SSSR count). The minimum atomic E-state index is -6.22. The molecule has 1 aromatic carbocycles. The second kappa shape index (κ2) is 5.49. The molecule has 0 amide bonds. The van der Waals surface area contributed by atoms with Gasteiger partial charge in [-0.1, -0.05) is 12.1 Å². The SMILES string of the molecule is O=S(=O)(Oc1ccccc1OS(=O)(=O)C(F)(F)F)C(F)(F)F. The van der Waals surface area contributed by atoms with Crippen molar-refractivity contribution in [1.82, 2.24) is 0 Å². The topological polar surface area (TPSA) is 86.7 Å². The quantitative estimate of drug-likeness (QED) is 0.456. The van der Waals surface area contributed by atoms with E-state index in [-0.39, 0.29) is 0 Å². The fourth-order valence-electron chi connectivity index (χ4n) is 0.919. The fraction of sp³-hybridized carbons (Fsp3) is 0.250. The largest absolute Gasteiger partial charge is 0.534 e. The van der Waals surface area contributed by atoms with Gasteiger partial charge in [0.2, 0.25) is 0 Å². The normalized spacial score (nSPS) is 13.7. The lowest BCUT2D eigenvalue weighted by molar-refractivity contribution is -0.0513. The van der Waals surface area contributed by atoms with E-state index in [0.717, 1.165) is 12.1 Å². The van der Waals surface area contributed by atoms with Crippen LogP contribution in [-0.4, -0.2) is 27.9 Å². The summed E-state index contributed by atoms with van der Waals surface area (Å²) < 4.78 is 123. The Morgan fingerprint density at radius 2 is 0.955 bits per heavy atom. The molecule has 0 fully saturated rings. The highest BCUT2D eigenvalue weighted by atomic mass is 32.2.